The first-order valence-electron chi connectivity index (χ1n) is 7.30. The Kier molecular flexibility index (Phi) is 4.99. The summed E-state index contributed by atoms with van der Waals surface area (Å²) in [5.74, 6) is -0.566. The van der Waals surface area contributed by atoms with Crippen molar-refractivity contribution in [1.29, 1.82) is 0 Å². The van der Waals surface area contributed by atoms with Gasteiger partial charge in [-0.3, -0.25) is 9.59 Å². The van der Waals surface area contributed by atoms with Crippen molar-refractivity contribution in [2.45, 2.75) is 38.1 Å². The molecule has 1 atom stereocenters. The molecule has 20 heavy (non-hydrogen) atoms. The van der Waals surface area contributed by atoms with Gasteiger partial charge in [-0.1, -0.05) is 0 Å². The summed E-state index contributed by atoms with van der Waals surface area (Å²) in [6.45, 7) is 1.98. The summed E-state index contributed by atoms with van der Waals surface area (Å²) in [4.78, 5) is 23.5. The first kappa shape index (κ1) is 15.3. The van der Waals surface area contributed by atoms with E-state index in [0.29, 0.717) is 12.5 Å². The lowest BCUT2D eigenvalue weighted by atomic mass is 9.78. The van der Waals surface area contributed by atoms with Gasteiger partial charge in [-0.2, -0.15) is 0 Å². The number of ether oxygens (including phenoxy) is 1. The number of carbonyl (C=O) groups excluding carboxylic acids is 1. The molecule has 1 heterocycles. The molecule has 6 heteroatoms. The third-order valence-corrected chi connectivity index (χ3v) is 4.37. The van der Waals surface area contributed by atoms with Crippen molar-refractivity contribution >= 4 is 11.9 Å². The van der Waals surface area contributed by atoms with Gasteiger partial charge in [-0.25, -0.2) is 0 Å². The van der Waals surface area contributed by atoms with Crippen LogP contribution in [-0.4, -0.2) is 49.8 Å². The molecular formula is C14H24N2O4. The maximum Gasteiger partial charge on any atom is 0.305 e. The quantitative estimate of drug-likeness (QED) is 0.629. The predicted octanol–water partition coefficient (Wildman–Crippen LogP) is 0.372. The molecule has 0 aromatic heterocycles. The number of hydrogen-bond donors (Lipinski definition) is 3. The smallest absolute Gasteiger partial charge is 0.305 e. The van der Waals surface area contributed by atoms with Crippen LogP contribution in [0.15, 0.2) is 0 Å². The van der Waals surface area contributed by atoms with E-state index in [1.165, 1.54) is 0 Å². The third-order valence-electron chi connectivity index (χ3n) is 4.37. The van der Waals surface area contributed by atoms with Crippen LogP contribution in [0, 0.1) is 11.3 Å². The van der Waals surface area contributed by atoms with Crippen molar-refractivity contribution in [3.05, 3.63) is 0 Å². The molecule has 0 bridgehead atoms. The van der Waals surface area contributed by atoms with Gasteiger partial charge in [0.1, 0.15) is 0 Å². The number of amides is 1. The van der Waals surface area contributed by atoms with Crippen LogP contribution in [0.25, 0.3) is 0 Å². The molecule has 6 nitrogen and oxygen atoms in total. The van der Waals surface area contributed by atoms with Crippen molar-refractivity contribution < 1.29 is 19.4 Å². The zero-order chi connectivity index (χ0) is 14.6. The highest BCUT2D eigenvalue weighted by molar-refractivity contribution is 5.84. The number of carbonyl (C=O) groups is 2. The molecule has 1 aliphatic carbocycles. The van der Waals surface area contributed by atoms with E-state index >= 15 is 0 Å². The van der Waals surface area contributed by atoms with Crippen molar-refractivity contribution in [3.8, 4) is 0 Å². The monoisotopic (exact) mass is 284 g/mol. The molecule has 1 saturated heterocycles. The average Bonchev–Trinajstić information content (AvgIpc) is 3.23. The average molecular weight is 284 g/mol. The highest BCUT2D eigenvalue weighted by Gasteiger charge is 2.42. The molecule has 0 radical (unpaired) electrons. The number of methoxy groups -OCH3 is 1. The number of nitrogens with one attached hydrogen (secondary N) is 2. The third kappa shape index (κ3) is 3.70. The molecule has 1 unspecified atom stereocenters. The maximum atomic E-state index is 12.6. The maximum absolute atomic E-state index is 12.6. The fraction of sp³-hybridized carbons (Fsp3) is 0.857. The Hall–Kier alpha value is -1.14. The minimum absolute atomic E-state index is 0.0116. The Labute approximate surface area is 119 Å². The highest BCUT2D eigenvalue weighted by Crippen LogP contribution is 2.36. The Morgan fingerprint density at radius 1 is 1.40 bits per heavy atom. The van der Waals surface area contributed by atoms with Gasteiger partial charge in [-0.05, 0) is 44.7 Å². The van der Waals surface area contributed by atoms with Crippen LogP contribution in [0.1, 0.15) is 32.1 Å². The summed E-state index contributed by atoms with van der Waals surface area (Å²) in [5.41, 5.74) is -0.508. The summed E-state index contributed by atoms with van der Waals surface area (Å²) >= 11 is 0. The first-order chi connectivity index (χ1) is 9.57. The molecule has 2 fully saturated rings. The van der Waals surface area contributed by atoms with Gasteiger partial charge >= 0.3 is 5.97 Å². The number of aliphatic carboxylic acids is 1. The van der Waals surface area contributed by atoms with Crippen LogP contribution in [0.4, 0.5) is 0 Å². The summed E-state index contributed by atoms with van der Waals surface area (Å²) in [6.07, 6.45) is 3.50. The van der Waals surface area contributed by atoms with E-state index in [2.05, 4.69) is 10.6 Å². The van der Waals surface area contributed by atoms with E-state index in [1.54, 1.807) is 7.11 Å². The van der Waals surface area contributed by atoms with Gasteiger partial charge in [0.25, 0.3) is 0 Å². The fourth-order valence-corrected chi connectivity index (χ4v) is 2.96. The summed E-state index contributed by atoms with van der Waals surface area (Å²) < 4.78 is 5.24. The lowest BCUT2D eigenvalue weighted by Gasteiger charge is -2.36. The first-order valence-corrected chi connectivity index (χ1v) is 7.30. The van der Waals surface area contributed by atoms with E-state index in [-0.39, 0.29) is 18.4 Å². The van der Waals surface area contributed by atoms with E-state index < -0.39 is 11.4 Å². The second-order valence-corrected chi connectivity index (χ2v) is 5.98. The van der Waals surface area contributed by atoms with Crippen molar-refractivity contribution in [2.75, 3.05) is 26.8 Å². The number of rotatable bonds is 7. The van der Waals surface area contributed by atoms with Gasteiger partial charge < -0.3 is 20.5 Å². The standard InChI is InChI=1S/C14H24N2O4/c1-20-9-14(4-6-15-7-5-14)13(19)16-11(8-12(17)18)10-2-3-10/h10-11,15H,2-9H2,1H3,(H,16,19)(H,17,18). The highest BCUT2D eigenvalue weighted by atomic mass is 16.5. The SMILES string of the molecule is COCC1(C(=O)NC(CC(=O)O)C2CC2)CCNCC1. The molecule has 1 saturated carbocycles. The molecule has 1 amide bonds. The fourth-order valence-electron chi connectivity index (χ4n) is 2.96. The molecule has 0 aromatic rings. The second kappa shape index (κ2) is 6.54. The minimum Gasteiger partial charge on any atom is -0.481 e. The van der Waals surface area contributed by atoms with E-state index in [9.17, 15) is 9.59 Å². The van der Waals surface area contributed by atoms with Crippen molar-refractivity contribution in [3.63, 3.8) is 0 Å². The van der Waals surface area contributed by atoms with E-state index in [4.69, 9.17) is 9.84 Å². The van der Waals surface area contributed by atoms with Gasteiger partial charge in [0.15, 0.2) is 0 Å². The van der Waals surface area contributed by atoms with Crippen LogP contribution in [-0.2, 0) is 14.3 Å². The van der Waals surface area contributed by atoms with Gasteiger partial charge in [0.05, 0.1) is 18.4 Å². The van der Waals surface area contributed by atoms with Crippen LogP contribution in [0.2, 0.25) is 0 Å². The molecule has 0 spiro atoms. The van der Waals surface area contributed by atoms with Crippen molar-refractivity contribution in [2.24, 2.45) is 11.3 Å². The zero-order valence-electron chi connectivity index (χ0n) is 12.0. The van der Waals surface area contributed by atoms with E-state index in [0.717, 1.165) is 38.8 Å². The second-order valence-electron chi connectivity index (χ2n) is 5.98. The Bertz CT molecular complexity index is 357. The molecule has 0 aromatic carbocycles. The van der Waals surface area contributed by atoms with Crippen molar-refractivity contribution in [1.82, 2.24) is 10.6 Å². The largest absolute Gasteiger partial charge is 0.481 e. The van der Waals surface area contributed by atoms with Gasteiger partial charge in [0, 0.05) is 13.2 Å². The van der Waals surface area contributed by atoms with Gasteiger partial charge in [0.2, 0.25) is 5.91 Å². The zero-order valence-corrected chi connectivity index (χ0v) is 12.0. The number of hydrogen-bond acceptors (Lipinski definition) is 4. The summed E-state index contributed by atoms with van der Waals surface area (Å²) in [6, 6.07) is -0.233. The van der Waals surface area contributed by atoms with Crippen LogP contribution >= 0.6 is 0 Å². The Morgan fingerprint density at radius 3 is 2.55 bits per heavy atom. The molecule has 2 rings (SSSR count). The van der Waals surface area contributed by atoms with Crippen LogP contribution in [0.5, 0.6) is 0 Å². The molecule has 1 aliphatic heterocycles. The number of carboxylic acid groups (broad SMARTS) is 1. The van der Waals surface area contributed by atoms with Crippen LogP contribution < -0.4 is 10.6 Å². The molecule has 2 aliphatic rings. The summed E-state index contributed by atoms with van der Waals surface area (Å²) in [5, 5.41) is 15.2. The Morgan fingerprint density at radius 2 is 2.05 bits per heavy atom. The topological polar surface area (TPSA) is 87.7 Å². The van der Waals surface area contributed by atoms with Gasteiger partial charge in [-0.15, -0.1) is 0 Å². The Balaban J connectivity index is 2.00. The lowest BCUT2D eigenvalue weighted by molar-refractivity contribution is -0.140. The molecule has 114 valence electrons. The lowest BCUT2D eigenvalue weighted by Crippen LogP contribution is -2.53. The molecule has 3 N–H and O–H groups in total. The van der Waals surface area contributed by atoms with Crippen LogP contribution in [0.3, 0.4) is 0 Å². The predicted molar refractivity (Wildman–Crippen MR) is 73.3 cm³/mol. The minimum atomic E-state index is -0.853. The number of piperidine rings is 1. The molecular weight excluding hydrogens is 260 g/mol. The summed E-state index contributed by atoms with van der Waals surface area (Å²) in [7, 11) is 1.60. The van der Waals surface area contributed by atoms with E-state index in [1.807, 2.05) is 0 Å². The number of carboxylic acids is 1. The normalized spacial score (nSPS) is 23.1.